The van der Waals surface area contributed by atoms with Crippen LogP contribution >= 0.6 is 15.9 Å². The van der Waals surface area contributed by atoms with Gasteiger partial charge in [0, 0.05) is 24.1 Å². The molecule has 0 atom stereocenters. The molecule has 94 valence electrons. The number of anilines is 1. The normalized spacial score (nSPS) is 11.4. The summed E-state index contributed by atoms with van der Waals surface area (Å²) < 4.78 is 0.929. The van der Waals surface area contributed by atoms with Gasteiger partial charge >= 0.3 is 0 Å². The third-order valence-electron chi connectivity index (χ3n) is 2.51. The highest BCUT2D eigenvalue weighted by atomic mass is 79.9. The van der Waals surface area contributed by atoms with Crippen molar-refractivity contribution in [3.8, 4) is 0 Å². The van der Waals surface area contributed by atoms with Crippen molar-refractivity contribution in [1.82, 2.24) is 4.98 Å². The van der Waals surface area contributed by atoms with Gasteiger partial charge in [0.1, 0.15) is 5.82 Å². The molecular formula is C13H19BrN2O. The summed E-state index contributed by atoms with van der Waals surface area (Å²) in [5.41, 5.74) is 0.182. The van der Waals surface area contributed by atoms with E-state index in [1.807, 2.05) is 12.1 Å². The summed E-state index contributed by atoms with van der Waals surface area (Å²) in [6, 6.07) is 3.69. The Morgan fingerprint density at radius 3 is 2.65 bits per heavy atom. The Kier molecular flexibility index (Phi) is 4.69. The zero-order valence-corrected chi connectivity index (χ0v) is 12.4. The summed E-state index contributed by atoms with van der Waals surface area (Å²) in [6.07, 6.45) is 3.12. The van der Waals surface area contributed by atoms with Crippen LogP contribution in [0.2, 0.25) is 0 Å². The molecular weight excluding hydrogens is 280 g/mol. The predicted octanol–water partition coefficient (Wildman–Crippen LogP) is 3.63. The van der Waals surface area contributed by atoms with Crippen molar-refractivity contribution < 1.29 is 4.79 Å². The second kappa shape index (κ2) is 5.63. The lowest BCUT2D eigenvalue weighted by Gasteiger charge is -2.21. The van der Waals surface area contributed by atoms with Gasteiger partial charge in [-0.2, -0.15) is 0 Å². The van der Waals surface area contributed by atoms with E-state index in [9.17, 15) is 4.79 Å². The number of carbonyl (C=O) groups excluding carboxylic acids is 1. The van der Waals surface area contributed by atoms with E-state index in [4.69, 9.17) is 0 Å². The minimum absolute atomic E-state index is 0.102. The van der Waals surface area contributed by atoms with E-state index in [1.165, 1.54) is 0 Å². The molecule has 0 spiro atoms. The average Bonchev–Trinajstić information content (AvgIpc) is 2.24. The molecule has 17 heavy (non-hydrogen) atoms. The Labute approximate surface area is 111 Å². The number of hydrogen-bond donors (Lipinski definition) is 0. The summed E-state index contributed by atoms with van der Waals surface area (Å²) >= 11 is 3.37. The molecule has 0 bridgehead atoms. The van der Waals surface area contributed by atoms with Gasteiger partial charge in [-0.3, -0.25) is 9.69 Å². The molecule has 1 amide bonds. The first kappa shape index (κ1) is 14.2. The van der Waals surface area contributed by atoms with Crippen LogP contribution in [0.25, 0.3) is 0 Å². The van der Waals surface area contributed by atoms with E-state index in [0.717, 1.165) is 10.9 Å². The van der Waals surface area contributed by atoms with Gasteiger partial charge < -0.3 is 0 Å². The molecule has 1 aromatic rings. The quantitative estimate of drug-likeness (QED) is 0.854. The van der Waals surface area contributed by atoms with E-state index in [1.54, 1.807) is 18.1 Å². The van der Waals surface area contributed by atoms with Crippen molar-refractivity contribution in [3.63, 3.8) is 0 Å². The van der Waals surface area contributed by atoms with Crippen LogP contribution in [0, 0.1) is 5.41 Å². The van der Waals surface area contributed by atoms with Gasteiger partial charge in [0.2, 0.25) is 5.91 Å². The van der Waals surface area contributed by atoms with E-state index in [2.05, 4.69) is 41.7 Å². The number of aromatic nitrogens is 1. The monoisotopic (exact) mass is 298 g/mol. The van der Waals surface area contributed by atoms with Crippen molar-refractivity contribution in [2.45, 2.75) is 33.6 Å². The van der Waals surface area contributed by atoms with Gasteiger partial charge in [-0.25, -0.2) is 4.98 Å². The zero-order chi connectivity index (χ0) is 13.1. The zero-order valence-electron chi connectivity index (χ0n) is 10.8. The van der Waals surface area contributed by atoms with Crippen LogP contribution in [-0.4, -0.2) is 17.9 Å². The molecule has 0 aliphatic heterocycles. The van der Waals surface area contributed by atoms with E-state index in [-0.39, 0.29) is 11.3 Å². The van der Waals surface area contributed by atoms with E-state index in [0.29, 0.717) is 12.2 Å². The van der Waals surface area contributed by atoms with Gasteiger partial charge in [0.05, 0.1) is 0 Å². The van der Waals surface area contributed by atoms with Gasteiger partial charge in [0.25, 0.3) is 0 Å². The number of hydrogen-bond acceptors (Lipinski definition) is 2. The lowest BCUT2D eigenvalue weighted by Crippen LogP contribution is -2.27. The fraction of sp³-hybridized carbons (Fsp3) is 0.538. The maximum absolute atomic E-state index is 12.0. The Bertz CT molecular complexity index is 399. The third kappa shape index (κ3) is 4.86. The maximum atomic E-state index is 12.0. The van der Waals surface area contributed by atoms with Gasteiger partial charge in [-0.1, -0.05) is 36.7 Å². The van der Waals surface area contributed by atoms with E-state index >= 15 is 0 Å². The molecule has 0 aliphatic carbocycles. The largest absolute Gasteiger partial charge is 0.300 e. The molecule has 1 aromatic heterocycles. The van der Waals surface area contributed by atoms with Crippen LogP contribution < -0.4 is 4.90 Å². The standard InChI is InChI=1S/C13H19BrN2O/c1-13(2,3)7-5-12(17)16(4)11-9-10(14)6-8-15-11/h6,8-9H,5,7H2,1-4H3. The molecule has 0 radical (unpaired) electrons. The topological polar surface area (TPSA) is 33.2 Å². The summed E-state index contributed by atoms with van der Waals surface area (Å²) in [6.45, 7) is 6.41. The molecule has 0 fully saturated rings. The molecule has 0 aliphatic rings. The number of halogens is 1. The average molecular weight is 299 g/mol. The van der Waals surface area contributed by atoms with Crippen LogP contribution in [-0.2, 0) is 4.79 Å². The van der Waals surface area contributed by atoms with Crippen LogP contribution in [0.1, 0.15) is 33.6 Å². The molecule has 0 saturated carbocycles. The van der Waals surface area contributed by atoms with Gasteiger partial charge in [0.15, 0.2) is 0 Å². The number of rotatable bonds is 3. The fourth-order valence-corrected chi connectivity index (χ4v) is 1.68. The molecule has 3 nitrogen and oxygen atoms in total. The number of carbonyl (C=O) groups is 1. The molecule has 1 rings (SSSR count). The SMILES string of the molecule is CN(C(=O)CCC(C)(C)C)c1cc(Br)ccn1. The second-order valence-corrected chi connectivity index (χ2v) is 6.26. The lowest BCUT2D eigenvalue weighted by molar-refractivity contribution is -0.118. The van der Waals surface area contributed by atoms with Crippen molar-refractivity contribution in [3.05, 3.63) is 22.8 Å². The van der Waals surface area contributed by atoms with Crippen LogP contribution in [0.3, 0.4) is 0 Å². The Morgan fingerprint density at radius 2 is 2.12 bits per heavy atom. The smallest absolute Gasteiger partial charge is 0.227 e. The first-order valence-corrected chi connectivity index (χ1v) is 6.47. The van der Waals surface area contributed by atoms with E-state index < -0.39 is 0 Å². The highest BCUT2D eigenvalue weighted by Crippen LogP contribution is 2.22. The molecule has 0 N–H and O–H groups in total. The van der Waals surface area contributed by atoms with Gasteiger partial charge in [-0.05, 0) is 24.0 Å². The van der Waals surface area contributed by atoms with Crippen molar-refractivity contribution in [2.24, 2.45) is 5.41 Å². The Morgan fingerprint density at radius 1 is 1.47 bits per heavy atom. The van der Waals surface area contributed by atoms with Crippen molar-refractivity contribution in [1.29, 1.82) is 0 Å². The maximum Gasteiger partial charge on any atom is 0.227 e. The van der Waals surface area contributed by atoms with Crippen LogP contribution in [0.4, 0.5) is 5.82 Å². The Hall–Kier alpha value is -0.900. The summed E-state index contributed by atoms with van der Waals surface area (Å²) in [5, 5.41) is 0. The summed E-state index contributed by atoms with van der Waals surface area (Å²) in [4.78, 5) is 17.8. The molecule has 1 heterocycles. The molecule has 0 unspecified atom stereocenters. The predicted molar refractivity (Wildman–Crippen MR) is 74.0 cm³/mol. The summed E-state index contributed by atoms with van der Waals surface area (Å²) in [7, 11) is 1.76. The second-order valence-electron chi connectivity index (χ2n) is 5.35. The van der Waals surface area contributed by atoms with Crippen LogP contribution in [0.15, 0.2) is 22.8 Å². The number of amides is 1. The molecule has 0 saturated heterocycles. The van der Waals surface area contributed by atoms with Crippen LogP contribution in [0.5, 0.6) is 0 Å². The minimum Gasteiger partial charge on any atom is -0.300 e. The molecule has 0 aromatic carbocycles. The van der Waals surface area contributed by atoms with Gasteiger partial charge in [-0.15, -0.1) is 0 Å². The first-order valence-electron chi connectivity index (χ1n) is 5.68. The Balaban J connectivity index is 2.64. The van der Waals surface area contributed by atoms with Crippen molar-refractivity contribution in [2.75, 3.05) is 11.9 Å². The van der Waals surface area contributed by atoms with Crippen molar-refractivity contribution >= 4 is 27.7 Å². The number of pyridine rings is 1. The highest BCUT2D eigenvalue weighted by molar-refractivity contribution is 9.10. The molecule has 4 heteroatoms. The minimum atomic E-state index is 0.102. The summed E-state index contributed by atoms with van der Waals surface area (Å²) in [5.74, 6) is 0.781. The lowest BCUT2D eigenvalue weighted by atomic mass is 9.90. The number of nitrogens with zero attached hydrogens (tertiary/aromatic N) is 2. The fourth-order valence-electron chi connectivity index (χ4n) is 1.35. The highest BCUT2D eigenvalue weighted by Gasteiger charge is 2.17. The first-order chi connectivity index (χ1) is 7.79. The third-order valence-corrected chi connectivity index (χ3v) is 3.01.